The normalized spacial score (nSPS) is 11.2. The zero-order valence-corrected chi connectivity index (χ0v) is 18.4. The second-order valence-corrected chi connectivity index (χ2v) is 8.03. The van der Waals surface area contributed by atoms with E-state index >= 15 is 0 Å². The lowest BCUT2D eigenvalue weighted by Gasteiger charge is -2.10. The third-order valence-corrected chi connectivity index (χ3v) is 6.10. The van der Waals surface area contributed by atoms with Crippen LogP contribution in [-0.4, -0.2) is 50.0 Å². The highest BCUT2D eigenvalue weighted by molar-refractivity contribution is 7.99. The van der Waals surface area contributed by atoms with Crippen LogP contribution >= 0.6 is 11.8 Å². The third kappa shape index (κ3) is 4.59. The molecule has 0 unspecified atom stereocenters. The molecule has 0 amide bonds. The Bertz CT molecular complexity index is 1010. The number of rotatable bonds is 9. The van der Waals surface area contributed by atoms with E-state index in [1.807, 2.05) is 39.0 Å². The van der Waals surface area contributed by atoms with Crippen LogP contribution in [0.15, 0.2) is 29.4 Å². The summed E-state index contributed by atoms with van der Waals surface area (Å²) in [6, 6.07) is 8.00. The standard InChI is InChI=1S/C21H27N5O2S/c1-14-8-6-9-19(16(14)3)26-21(22-23-24-26)29-13-20(27)18-12-15(2)25(17(18)4)10-7-11-28-5/h6,8-9,12H,7,10-11,13H2,1-5H3. The van der Waals surface area contributed by atoms with Crippen LogP contribution in [0.1, 0.15) is 39.3 Å². The number of nitrogens with zero attached hydrogens (tertiary/aromatic N) is 5. The van der Waals surface area contributed by atoms with Crippen molar-refractivity contribution in [1.82, 2.24) is 24.8 Å². The van der Waals surface area contributed by atoms with E-state index in [4.69, 9.17) is 4.74 Å². The lowest BCUT2D eigenvalue weighted by Crippen LogP contribution is -2.09. The smallest absolute Gasteiger partial charge is 0.214 e. The number of tetrazole rings is 1. The first-order valence-corrected chi connectivity index (χ1v) is 10.6. The van der Waals surface area contributed by atoms with Gasteiger partial charge < -0.3 is 9.30 Å². The zero-order chi connectivity index (χ0) is 21.0. The molecule has 3 aromatic rings. The second kappa shape index (κ2) is 9.37. The Labute approximate surface area is 175 Å². The molecule has 2 heterocycles. The lowest BCUT2D eigenvalue weighted by atomic mass is 10.1. The number of carbonyl (C=O) groups excluding carboxylic acids is 1. The first-order chi connectivity index (χ1) is 13.9. The molecule has 2 aromatic heterocycles. The number of aromatic nitrogens is 5. The van der Waals surface area contributed by atoms with Gasteiger partial charge in [0.15, 0.2) is 5.78 Å². The van der Waals surface area contributed by atoms with Gasteiger partial charge >= 0.3 is 0 Å². The number of hydrogen-bond acceptors (Lipinski definition) is 6. The molecule has 154 valence electrons. The molecule has 0 saturated carbocycles. The summed E-state index contributed by atoms with van der Waals surface area (Å²) in [4.78, 5) is 12.9. The Kier molecular flexibility index (Phi) is 6.87. The van der Waals surface area contributed by atoms with Gasteiger partial charge in [0.05, 0.1) is 11.4 Å². The van der Waals surface area contributed by atoms with Crippen molar-refractivity contribution < 1.29 is 9.53 Å². The van der Waals surface area contributed by atoms with E-state index in [-0.39, 0.29) is 11.5 Å². The van der Waals surface area contributed by atoms with Crippen LogP contribution in [0.25, 0.3) is 5.69 Å². The van der Waals surface area contributed by atoms with Crippen molar-refractivity contribution in [3.05, 3.63) is 52.3 Å². The third-order valence-electron chi connectivity index (χ3n) is 5.18. The second-order valence-electron chi connectivity index (χ2n) is 7.09. The van der Waals surface area contributed by atoms with Gasteiger partial charge in [0.2, 0.25) is 5.16 Å². The van der Waals surface area contributed by atoms with Crippen LogP contribution < -0.4 is 0 Å². The van der Waals surface area contributed by atoms with Gasteiger partial charge in [-0.1, -0.05) is 23.9 Å². The molecule has 0 N–H and O–H groups in total. The Morgan fingerprint density at radius 3 is 2.76 bits per heavy atom. The molecule has 0 aliphatic heterocycles. The topological polar surface area (TPSA) is 74.8 Å². The summed E-state index contributed by atoms with van der Waals surface area (Å²) in [5, 5.41) is 12.7. The van der Waals surface area contributed by atoms with Gasteiger partial charge in [-0.2, -0.15) is 4.68 Å². The van der Waals surface area contributed by atoms with E-state index in [0.29, 0.717) is 11.8 Å². The van der Waals surface area contributed by atoms with Crippen LogP contribution in [0, 0.1) is 27.7 Å². The van der Waals surface area contributed by atoms with Gasteiger partial charge in [-0.25, -0.2) is 0 Å². The van der Waals surface area contributed by atoms with Crippen LogP contribution in [0.3, 0.4) is 0 Å². The number of ether oxygens (including phenoxy) is 1. The van der Waals surface area contributed by atoms with Crippen LogP contribution in [0.2, 0.25) is 0 Å². The number of Topliss-reactive ketones (excluding diaryl/α,β-unsaturated/α-hetero) is 1. The van der Waals surface area contributed by atoms with Crippen molar-refractivity contribution in [3.8, 4) is 5.69 Å². The highest BCUT2D eigenvalue weighted by atomic mass is 32.2. The molecule has 0 spiro atoms. The molecule has 0 aliphatic rings. The summed E-state index contributed by atoms with van der Waals surface area (Å²) in [6.07, 6.45) is 0.917. The number of benzene rings is 1. The number of methoxy groups -OCH3 is 1. The minimum atomic E-state index is 0.0802. The summed E-state index contributed by atoms with van der Waals surface area (Å²) < 4.78 is 9.02. The van der Waals surface area contributed by atoms with E-state index in [9.17, 15) is 4.79 Å². The molecule has 8 heteroatoms. The van der Waals surface area contributed by atoms with E-state index in [2.05, 4.69) is 33.1 Å². The maximum absolute atomic E-state index is 12.9. The monoisotopic (exact) mass is 413 g/mol. The summed E-state index contributed by atoms with van der Waals surface area (Å²) in [7, 11) is 1.70. The average molecular weight is 414 g/mol. The van der Waals surface area contributed by atoms with E-state index < -0.39 is 0 Å². The van der Waals surface area contributed by atoms with Gasteiger partial charge in [0, 0.05) is 37.2 Å². The molecule has 3 rings (SSSR count). The zero-order valence-electron chi connectivity index (χ0n) is 17.6. The Hall–Kier alpha value is -2.45. The molecular formula is C21H27N5O2S. The van der Waals surface area contributed by atoms with Gasteiger partial charge in [0.25, 0.3) is 0 Å². The minimum absolute atomic E-state index is 0.0802. The maximum atomic E-state index is 12.9. The predicted octanol–water partition coefficient (Wildman–Crippen LogP) is 3.71. The van der Waals surface area contributed by atoms with Crippen molar-refractivity contribution in [2.24, 2.45) is 0 Å². The van der Waals surface area contributed by atoms with Crippen molar-refractivity contribution in [2.45, 2.75) is 45.8 Å². The molecule has 29 heavy (non-hydrogen) atoms. The summed E-state index contributed by atoms with van der Waals surface area (Å²) in [5.74, 6) is 0.366. The van der Waals surface area contributed by atoms with Gasteiger partial charge in [-0.05, 0) is 67.8 Å². The molecule has 1 aromatic carbocycles. The van der Waals surface area contributed by atoms with Crippen LogP contribution in [0.5, 0.6) is 0 Å². The fourth-order valence-electron chi connectivity index (χ4n) is 3.39. The maximum Gasteiger partial charge on any atom is 0.214 e. The van der Waals surface area contributed by atoms with Crippen molar-refractivity contribution in [3.63, 3.8) is 0 Å². The number of thioether (sulfide) groups is 1. The lowest BCUT2D eigenvalue weighted by molar-refractivity contribution is 0.102. The fraction of sp³-hybridized carbons (Fsp3) is 0.429. The number of carbonyl (C=O) groups is 1. The molecule has 0 radical (unpaired) electrons. The van der Waals surface area contributed by atoms with Gasteiger partial charge in [-0.15, -0.1) is 5.10 Å². The predicted molar refractivity (Wildman–Crippen MR) is 114 cm³/mol. The SMILES string of the molecule is COCCCn1c(C)cc(C(=O)CSc2nnnn2-c2cccc(C)c2C)c1C. The molecule has 7 nitrogen and oxygen atoms in total. The molecule has 0 aliphatic carbocycles. The molecular weight excluding hydrogens is 386 g/mol. The first kappa shape index (κ1) is 21.3. The summed E-state index contributed by atoms with van der Waals surface area (Å²) in [6.45, 7) is 9.68. The number of ketones is 1. The van der Waals surface area contributed by atoms with Crippen molar-refractivity contribution in [2.75, 3.05) is 19.5 Å². The van der Waals surface area contributed by atoms with E-state index in [1.54, 1.807) is 11.8 Å². The van der Waals surface area contributed by atoms with E-state index in [1.165, 1.54) is 17.3 Å². The Morgan fingerprint density at radius 1 is 1.21 bits per heavy atom. The van der Waals surface area contributed by atoms with Crippen molar-refractivity contribution in [1.29, 1.82) is 0 Å². The average Bonchev–Trinajstić information content (AvgIpc) is 3.27. The highest BCUT2D eigenvalue weighted by Gasteiger charge is 2.18. The minimum Gasteiger partial charge on any atom is -0.385 e. The molecule has 0 bridgehead atoms. The van der Waals surface area contributed by atoms with Crippen molar-refractivity contribution >= 4 is 17.5 Å². The number of hydrogen-bond donors (Lipinski definition) is 0. The number of aryl methyl sites for hydroxylation is 2. The summed E-state index contributed by atoms with van der Waals surface area (Å²) in [5.41, 5.74) is 6.07. The highest BCUT2D eigenvalue weighted by Crippen LogP contribution is 2.24. The molecule has 0 atom stereocenters. The fourth-order valence-corrected chi connectivity index (χ4v) is 4.15. The Balaban J connectivity index is 1.74. The first-order valence-electron chi connectivity index (χ1n) is 9.60. The van der Waals surface area contributed by atoms with Gasteiger partial charge in [0.1, 0.15) is 0 Å². The largest absolute Gasteiger partial charge is 0.385 e. The van der Waals surface area contributed by atoms with Crippen LogP contribution in [-0.2, 0) is 11.3 Å². The van der Waals surface area contributed by atoms with Crippen LogP contribution in [0.4, 0.5) is 0 Å². The quantitative estimate of drug-likeness (QED) is 0.302. The molecule has 0 saturated heterocycles. The van der Waals surface area contributed by atoms with E-state index in [0.717, 1.165) is 41.2 Å². The summed E-state index contributed by atoms with van der Waals surface area (Å²) >= 11 is 1.36. The molecule has 0 fully saturated rings. The Morgan fingerprint density at radius 2 is 2.00 bits per heavy atom. The van der Waals surface area contributed by atoms with Gasteiger partial charge in [-0.3, -0.25) is 4.79 Å².